The first-order valence-corrected chi connectivity index (χ1v) is 7.06. The zero-order valence-corrected chi connectivity index (χ0v) is 11.2. The maximum atomic E-state index is 5.66. The van der Waals surface area contributed by atoms with Crippen LogP contribution in [0.15, 0.2) is 53.3 Å². The van der Waals surface area contributed by atoms with Gasteiger partial charge in [-0.15, -0.1) is 0 Å². The third-order valence-electron chi connectivity index (χ3n) is 3.81. The summed E-state index contributed by atoms with van der Waals surface area (Å²) in [6, 6.07) is 13.1. The quantitative estimate of drug-likeness (QED) is 0.780. The van der Waals surface area contributed by atoms with Gasteiger partial charge >= 0.3 is 0 Å². The summed E-state index contributed by atoms with van der Waals surface area (Å²) in [5.41, 5.74) is 3.38. The highest BCUT2D eigenvalue weighted by atomic mass is 16.3. The van der Waals surface area contributed by atoms with Gasteiger partial charge < -0.3 is 9.73 Å². The molecule has 3 heteroatoms. The molecule has 0 saturated heterocycles. The highest BCUT2D eigenvalue weighted by Gasteiger charge is 2.21. The van der Waals surface area contributed by atoms with Crippen LogP contribution in [0.1, 0.15) is 18.6 Å². The van der Waals surface area contributed by atoms with Crippen LogP contribution >= 0.6 is 0 Å². The highest BCUT2D eigenvalue weighted by Crippen LogP contribution is 2.31. The van der Waals surface area contributed by atoms with Gasteiger partial charge in [0.2, 0.25) is 0 Å². The first-order chi connectivity index (χ1) is 9.92. The number of nitrogens with zero attached hydrogens (tertiary/aromatic N) is 1. The van der Waals surface area contributed by atoms with E-state index in [0.29, 0.717) is 6.04 Å². The lowest BCUT2D eigenvalue weighted by atomic mass is 10.0. The predicted molar refractivity (Wildman–Crippen MR) is 79.3 cm³/mol. The molecule has 3 aromatic rings. The highest BCUT2D eigenvalue weighted by molar-refractivity contribution is 5.94. The molecule has 100 valence electrons. The van der Waals surface area contributed by atoms with Crippen LogP contribution in [0.25, 0.3) is 22.0 Å². The molecule has 0 aliphatic heterocycles. The molecule has 2 heterocycles. The van der Waals surface area contributed by atoms with Gasteiger partial charge in [-0.25, -0.2) is 0 Å². The molecule has 2 aromatic heterocycles. The standard InChI is InChI=1S/C17H16N2O/c1-3-13(14-4-2-9-18-16(14)5-1)15-8-10-20-17(15)11-19-12-6-7-12/h1-5,8-10,12,19H,6-7,11H2. The molecule has 4 rings (SSSR count). The van der Waals surface area contributed by atoms with E-state index >= 15 is 0 Å². The third kappa shape index (κ3) is 2.10. The van der Waals surface area contributed by atoms with Crippen LogP contribution in [0.2, 0.25) is 0 Å². The Morgan fingerprint density at radius 3 is 2.95 bits per heavy atom. The number of benzene rings is 1. The molecule has 20 heavy (non-hydrogen) atoms. The fourth-order valence-electron chi connectivity index (χ4n) is 2.58. The van der Waals surface area contributed by atoms with Gasteiger partial charge in [-0.3, -0.25) is 4.98 Å². The molecule has 0 atom stereocenters. The van der Waals surface area contributed by atoms with E-state index in [-0.39, 0.29) is 0 Å². The summed E-state index contributed by atoms with van der Waals surface area (Å²) in [6.07, 6.45) is 6.17. The van der Waals surface area contributed by atoms with Gasteiger partial charge in [0.05, 0.1) is 18.3 Å². The van der Waals surface area contributed by atoms with Crippen molar-refractivity contribution < 1.29 is 4.42 Å². The lowest BCUT2D eigenvalue weighted by Gasteiger charge is -2.07. The average molecular weight is 264 g/mol. The molecule has 0 spiro atoms. The van der Waals surface area contributed by atoms with Crippen LogP contribution in [0, 0.1) is 0 Å². The van der Waals surface area contributed by atoms with Crippen molar-refractivity contribution in [3.8, 4) is 11.1 Å². The maximum Gasteiger partial charge on any atom is 0.125 e. The van der Waals surface area contributed by atoms with E-state index in [1.54, 1.807) is 6.26 Å². The summed E-state index contributed by atoms with van der Waals surface area (Å²) in [6.45, 7) is 0.795. The number of aromatic nitrogens is 1. The Labute approximate surface area is 117 Å². The van der Waals surface area contributed by atoms with Gasteiger partial charge in [-0.2, -0.15) is 0 Å². The van der Waals surface area contributed by atoms with Crippen LogP contribution in [-0.4, -0.2) is 11.0 Å². The summed E-state index contributed by atoms with van der Waals surface area (Å²) < 4.78 is 5.66. The Morgan fingerprint density at radius 2 is 2.05 bits per heavy atom. The van der Waals surface area contributed by atoms with Crippen LogP contribution in [-0.2, 0) is 6.54 Å². The summed E-state index contributed by atoms with van der Waals surface area (Å²) in [7, 11) is 0. The van der Waals surface area contributed by atoms with Gasteiger partial charge in [0.25, 0.3) is 0 Å². The zero-order chi connectivity index (χ0) is 13.4. The Balaban J connectivity index is 1.76. The Hall–Kier alpha value is -2.13. The first-order valence-electron chi connectivity index (χ1n) is 7.06. The van der Waals surface area contributed by atoms with Crippen molar-refractivity contribution in [1.82, 2.24) is 10.3 Å². The van der Waals surface area contributed by atoms with Crippen LogP contribution in [0.5, 0.6) is 0 Å². The van der Waals surface area contributed by atoms with E-state index < -0.39 is 0 Å². The largest absolute Gasteiger partial charge is 0.467 e. The molecule has 0 radical (unpaired) electrons. The van der Waals surface area contributed by atoms with E-state index in [9.17, 15) is 0 Å². The second kappa shape index (κ2) is 4.76. The number of hydrogen-bond acceptors (Lipinski definition) is 3. The van der Waals surface area contributed by atoms with Gasteiger partial charge in [0, 0.05) is 23.2 Å². The van der Waals surface area contributed by atoms with Gasteiger partial charge in [-0.05, 0) is 36.6 Å². The molecular formula is C17H16N2O. The van der Waals surface area contributed by atoms with Crippen molar-refractivity contribution in [2.24, 2.45) is 0 Å². The molecule has 1 aliphatic carbocycles. The normalized spacial score (nSPS) is 14.8. The average Bonchev–Trinajstić information content (AvgIpc) is 3.21. The smallest absolute Gasteiger partial charge is 0.125 e. The van der Waals surface area contributed by atoms with Crippen molar-refractivity contribution in [2.75, 3.05) is 0 Å². The molecule has 1 fully saturated rings. The number of nitrogens with one attached hydrogen (secondary N) is 1. The summed E-state index contributed by atoms with van der Waals surface area (Å²) >= 11 is 0. The molecule has 0 unspecified atom stereocenters. The van der Waals surface area contributed by atoms with Crippen molar-refractivity contribution >= 4 is 10.9 Å². The number of rotatable bonds is 4. The third-order valence-corrected chi connectivity index (χ3v) is 3.81. The van der Waals surface area contributed by atoms with Crippen LogP contribution in [0.3, 0.4) is 0 Å². The second-order valence-corrected chi connectivity index (χ2v) is 5.29. The first kappa shape index (κ1) is 11.7. The summed E-state index contributed by atoms with van der Waals surface area (Å²) in [5.74, 6) is 1.01. The molecule has 1 aliphatic rings. The second-order valence-electron chi connectivity index (χ2n) is 5.29. The van der Waals surface area contributed by atoms with E-state index in [0.717, 1.165) is 23.4 Å². The van der Waals surface area contributed by atoms with E-state index in [2.05, 4.69) is 28.5 Å². The van der Waals surface area contributed by atoms with E-state index in [4.69, 9.17) is 4.42 Å². The van der Waals surface area contributed by atoms with Crippen molar-refractivity contribution in [3.05, 3.63) is 54.6 Å². The van der Waals surface area contributed by atoms with Crippen molar-refractivity contribution in [1.29, 1.82) is 0 Å². The Bertz CT molecular complexity index is 738. The zero-order valence-electron chi connectivity index (χ0n) is 11.2. The Kier molecular flexibility index (Phi) is 2.78. The van der Waals surface area contributed by atoms with Gasteiger partial charge in [0.1, 0.15) is 5.76 Å². The lowest BCUT2D eigenvalue weighted by molar-refractivity contribution is 0.483. The fourth-order valence-corrected chi connectivity index (χ4v) is 2.58. The predicted octanol–water partition coefficient (Wildman–Crippen LogP) is 3.75. The summed E-state index contributed by atoms with van der Waals surface area (Å²) in [5, 5.41) is 4.68. The Morgan fingerprint density at radius 1 is 1.10 bits per heavy atom. The SMILES string of the molecule is c1cc(-c2ccoc2CNC2CC2)c2cccnc2c1. The lowest BCUT2D eigenvalue weighted by Crippen LogP contribution is -2.15. The van der Waals surface area contributed by atoms with E-state index in [1.807, 2.05) is 24.4 Å². The topological polar surface area (TPSA) is 38.1 Å². The summed E-state index contributed by atoms with van der Waals surface area (Å²) in [4.78, 5) is 4.42. The van der Waals surface area contributed by atoms with Crippen molar-refractivity contribution in [2.45, 2.75) is 25.4 Å². The molecule has 1 saturated carbocycles. The fraction of sp³-hybridized carbons (Fsp3) is 0.235. The minimum atomic E-state index is 0.683. The molecule has 1 aromatic carbocycles. The van der Waals surface area contributed by atoms with E-state index in [1.165, 1.54) is 23.8 Å². The van der Waals surface area contributed by atoms with Gasteiger partial charge in [-0.1, -0.05) is 18.2 Å². The van der Waals surface area contributed by atoms with Crippen molar-refractivity contribution in [3.63, 3.8) is 0 Å². The number of hydrogen-bond donors (Lipinski definition) is 1. The minimum Gasteiger partial charge on any atom is -0.467 e. The number of furan rings is 1. The van der Waals surface area contributed by atoms with Crippen LogP contribution in [0.4, 0.5) is 0 Å². The maximum absolute atomic E-state index is 5.66. The molecular weight excluding hydrogens is 248 g/mol. The molecule has 0 amide bonds. The monoisotopic (exact) mass is 264 g/mol. The molecule has 3 nitrogen and oxygen atoms in total. The van der Waals surface area contributed by atoms with Crippen LogP contribution < -0.4 is 5.32 Å². The molecule has 1 N–H and O–H groups in total. The number of pyridine rings is 1. The van der Waals surface area contributed by atoms with Gasteiger partial charge in [0.15, 0.2) is 0 Å². The number of fused-ring (bicyclic) bond motifs is 1. The minimum absolute atomic E-state index is 0.683. The molecule has 0 bridgehead atoms.